The lowest BCUT2D eigenvalue weighted by Crippen LogP contribution is -2.39. The second-order valence-electron chi connectivity index (χ2n) is 8.90. The Bertz CT molecular complexity index is 1060. The minimum absolute atomic E-state index is 0.0134. The third kappa shape index (κ3) is 2.55. The van der Waals surface area contributed by atoms with Gasteiger partial charge in [0.2, 0.25) is 0 Å². The van der Waals surface area contributed by atoms with Gasteiger partial charge < -0.3 is 9.84 Å². The Hall–Kier alpha value is -2.17. The van der Waals surface area contributed by atoms with E-state index in [4.69, 9.17) is 16.3 Å². The fraction of sp³-hybridized carbons (Fsp3) is 0.417. The van der Waals surface area contributed by atoms with Crippen molar-refractivity contribution >= 4 is 23.0 Å². The predicted octanol–water partition coefficient (Wildman–Crippen LogP) is 5.39. The third-order valence-corrected chi connectivity index (χ3v) is 7.36. The highest BCUT2D eigenvalue weighted by molar-refractivity contribution is 6.29. The summed E-state index contributed by atoms with van der Waals surface area (Å²) < 4.78 is 6.26. The quantitative estimate of drug-likeness (QED) is 0.690. The number of rotatable bonds is 3. The van der Waals surface area contributed by atoms with E-state index in [1.54, 1.807) is 12.3 Å². The molecule has 2 fully saturated rings. The Morgan fingerprint density at radius 3 is 2.45 bits per heavy atom. The van der Waals surface area contributed by atoms with Gasteiger partial charge >= 0.3 is 0 Å². The summed E-state index contributed by atoms with van der Waals surface area (Å²) in [7, 11) is 0. The van der Waals surface area contributed by atoms with Crippen LogP contribution in [0.25, 0.3) is 16.7 Å². The number of Topliss-reactive ketones (excluding diaryl/α,β-unsaturated/α-hetero) is 1. The molecule has 5 rings (SSSR count). The minimum Gasteiger partial charge on any atom is -0.511 e. The summed E-state index contributed by atoms with van der Waals surface area (Å²) in [6.07, 6.45) is 4.22. The Morgan fingerprint density at radius 1 is 1.14 bits per heavy atom. The van der Waals surface area contributed by atoms with Crippen LogP contribution < -0.4 is 0 Å². The average Bonchev–Trinajstić information content (AvgIpc) is 3.25. The van der Waals surface area contributed by atoms with Crippen LogP contribution in [0.1, 0.15) is 44.7 Å². The molecule has 0 spiro atoms. The molecule has 1 aliphatic carbocycles. The largest absolute Gasteiger partial charge is 0.511 e. The Labute approximate surface area is 175 Å². The van der Waals surface area contributed by atoms with Gasteiger partial charge in [0.25, 0.3) is 0 Å². The Balaban J connectivity index is 1.65. The van der Waals surface area contributed by atoms with Crippen molar-refractivity contribution in [2.24, 2.45) is 11.8 Å². The van der Waals surface area contributed by atoms with Gasteiger partial charge in [-0.1, -0.05) is 30.7 Å². The summed E-state index contributed by atoms with van der Waals surface area (Å²) in [5, 5.41) is 11.7. The van der Waals surface area contributed by atoms with E-state index < -0.39 is 11.2 Å². The fourth-order valence-corrected chi connectivity index (χ4v) is 5.81. The molecule has 150 valence electrons. The maximum Gasteiger partial charge on any atom is 0.173 e. The third-order valence-electron chi connectivity index (χ3n) is 7.13. The van der Waals surface area contributed by atoms with E-state index in [2.05, 4.69) is 11.9 Å². The van der Waals surface area contributed by atoms with Crippen LogP contribution in [0.4, 0.5) is 0 Å². The molecular weight excluding hydrogens is 386 g/mol. The van der Waals surface area contributed by atoms with Crippen molar-refractivity contribution in [3.8, 4) is 11.1 Å². The van der Waals surface area contributed by atoms with Crippen LogP contribution in [0.5, 0.6) is 0 Å². The lowest BCUT2D eigenvalue weighted by Gasteiger charge is -2.30. The number of carbonyl (C=O) groups is 1. The first-order valence-electron chi connectivity index (χ1n) is 10.2. The number of aliphatic hydroxyl groups is 1. The highest BCUT2D eigenvalue weighted by atomic mass is 35.5. The molecule has 1 aromatic heterocycles. The van der Waals surface area contributed by atoms with Crippen molar-refractivity contribution in [2.45, 2.75) is 51.2 Å². The van der Waals surface area contributed by atoms with Crippen LogP contribution >= 0.6 is 11.6 Å². The van der Waals surface area contributed by atoms with E-state index in [-0.39, 0.29) is 23.4 Å². The zero-order valence-corrected chi connectivity index (χ0v) is 17.6. The van der Waals surface area contributed by atoms with Crippen LogP contribution in [-0.2, 0) is 16.0 Å². The van der Waals surface area contributed by atoms with E-state index in [9.17, 15) is 9.90 Å². The summed E-state index contributed by atoms with van der Waals surface area (Å²) in [6.45, 7) is 6.12. The van der Waals surface area contributed by atoms with Crippen LogP contribution in [0.15, 0.2) is 42.3 Å². The highest BCUT2D eigenvalue weighted by Gasteiger charge is 2.69. The van der Waals surface area contributed by atoms with E-state index in [1.165, 1.54) is 0 Å². The van der Waals surface area contributed by atoms with Gasteiger partial charge in [-0.3, -0.25) is 4.79 Å². The summed E-state index contributed by atoms with van der Waals surface area (Å²) in [5.41, 5.74) is 3.26. The number of aliphatic hydroxyl groups excluding tert-OH is 1. The highest BCUT2D eigenvalue weighted by Crippen LogP contribution is 2.63. The van der Waals surface area contributed by atoms with Gasteiger partial charge in [0.1, 0.15) is 10.9 Å². The zero-order chi connectivity index (χ0) is 20.6. The van der Waals surface area contributed by atoms with E-state index in [0.29, 0.717) is 10.7 Å². The molecule has 3 heterocycles. The topological polar surface area (TPSA) is 59.4 Å². The first-order chi connectivity index (χ1) is 13.8. The van der Waals surface area contributed by atoms with Gasteiger partial charge in [-0.25, -0.2) is 4.98 Å². The maximum atomic E-state index is 13.6. The van der Waals surface area contributed by atoms with Crippen LogP contribution in [0, 0.1) is 11.8 Å². The van der Waals surface area contributed by atoms with E-state index in [1.807, 2.05) is 38.1 Å². The van der Waals surface area contributed by atoms with E-state index in [0.717, 1.165) is 41.5 Å². The molecule has 4 atom stereocenters. The molecule has 0 saturated carbocycles. The molecule has 3 aliphatic rings. The first kappa shape index (κ1) is 18.8. The number of halogens is 1. The van der Waals surface area contributed by atoms with Crippen molar-refractivity contribution in [1.29, 1.82) is 0 Å². The minimum atomic E-state index is -0.490. The van der Waals surface area contributed by atoms with Crippen LogP contribution in [0.2, 0.25) is 5.15 Å². The second-order valence-corrected chi connectivity index (χ2v) is 9.29. The fourth-order valence-electron chi connectivity index (χ4n) is 5.70. The SMILES string of the molecule is CCc1ccc(-c2ccc(Cl)nc2)cc1C1=C(O)[C@H]2[C@@H](C1=O)[C@]1(C)CC[C@@]2(C)O1. The van der Waals surface area contributed by atoms with Crippen molar-refractivity contribution < 1.29 is 14.6 Å². The van der Waals surface area contributed by atoms with Gasteiger partial charge in [-0.2, -0.15) is 0 Å². The molecule has 29 heavy (non-hydrogen) atoms. The number of carbonyl (C=O) groups excluding carboxylic acids is 1. The molecule has 5 heteroatoms. The molecule has 2 aromatic rings. The Kier molecular flexibility index (Phi) is 4.00. The normalized spacial score (nSPS) is 32.9. The molecule has 4 nitrogen and oxygen atoms in total. The predicted molar refractivity (Wildman–Crippen MR) is 113 cm³/mol. The molecule has 2 saturated heterocycles. The van der Waals surface area contributed by atoms with Crippen molar-refractivity contribution in [2.75, 3.05) is 0 Å². The summed E-state index contributed by atoms with van der Waals surface area (Å²) in [6, 6.07) is 9.73. The molecule has 2 bridgehead atoms. The molecule has 0 amide bonds. The second kappa shape index (κ2) is 6.16. The number of aromatic nitrogens is 1. The summed E-state index contributed by atoms with van der Waals surface area (Å²) in [4.78, 5) is 17.7. The Morgan fingerprint density at radius 2 is 1.83 bits per heavy atom. The molecular formula is C24H24ClNO3. The summed E-state index contributed by atoms with van der Waals surface area (Å²) in [5.74, 6) is -0.345. The summed E-state index contributed by atoms with van der Waals surface area (Å²) >= 11 is 5.93. The van der Waals surface area contributed by atoms with Crippen LogP contribution in [-0.4, -0.2) is 27.1 Å². The van der Waals surface area contributed by atoms with E-state index >= 15 is 0 Å². The number of hydrogen-bond donors (Lipinski definition) is 1. The van der Waals surface area contributed by atoms with Crippen molar-refractivity contribution in [1.82, 2.24) is 4.98 Å². The van der Waals surface area contributed by atoms with Gasteiger partial charge in [-0.05, 0) is 68.0 Å². The zero-order valence-electron chi connectivity index (χ0n) is 16.8. The number of pyridine rings is 1. The number of hydrogen-bond acceptors (Lipinski definition) is 4. The molecule has 1 N–H and O–H groups in total. The van der Waals surface area contributed by atoms with Crippen LogP contribution in [0.3, 0.4) is 0 Å². The molecule has 0 unspecified atom stereocenters. The lowest BCUT2D eigenvalue weighted by atomic mass is 9.68. The number of ketones is 1. The number of benzene rings is 1. The molecule has 0 radical (unpaired) electrons. The standard InChI is InChI=1S/C24H24ClNO3/c1-4-13-5-6-14(15-7-8-17(25)26-12-15)11-16(13)18-21(27)19-20(22(18)28)24(3)10-9-23(19,2)29-24/h5-8,11-12,19-20,27H,4,9-10H2,1-3H3/t19-,20+,23-,24+/m1/s1. The maximum absolute atomic E-state index is 13.6. The van der Waals surface area contributed by atoms with Gasteiger partial charge in [0.15, 0.2) is 5.78 Å². The number of ether oxygens (including phenoxy) is 1. The molecule has 1 aromatic carbocycles. The number of fused-ring (bicyclic) bond motifs is 5. The smallest absolute Gasteiger partial charge is 0.173 e. The number of aryl methyl sites for hydroxylation is 1. The number of nitrogens with zero attached hydrogens (tertiary/aromatic N) is 1. The monoisotopic (exact) mass is 409 g/mol. The number of allylic oxidation sites excluding steroid dienone is 1. The van der Waals surface area contributed by atoms with Crippen molar-refractivity contribution in [3.63, 3.8) is 0 Å². The van der Waals surface area contributed by atoms with Gasteiger partial charge in [0, 0.05) is 11.8 Å². The first-order valence-corrected chi connectivity index (χ1v) is 10.6. The average molecular weight is 410 g/mol. The van der Waals surface area contributed by atoms with Gasteiger partial charge in [0.05, 0.1) is 28.6 Å². The molecule has 2 aliphatic heterocycles. The van der Waals surface area contributed by atoms with Crippen molar-refractivity contribution in [3.05, 3.63) is 58.6 Å². The lowest BCUT2D eigenvalue weighted by molar-refractivity contribution is -0.121. The van der Waals surface area contributed by atoms with Gasteiger partial charge in [-0.15, -0.1) is 0 Å².